The first kappa shape index (κ1) is 15.0. The zero-order chi connectivity index (χ0) is 15.5. The summed E-state index contributed by atoms with van der Waals surface area (Å²) in [5.41, 5.74) is 4.15. The van der Waals surface area contributed by atoms with Crippen LogP contribution in [0.1, 0.15) is 5.56 Å². The zero-order valence-corrected chi connectivity index (χ0v) is 13.6. The highest BCUT2D eigenvalue weighted by Crippen LogP contribution is 2.39. The molecule has 0 saturated carbocycles. The molecule has 0 amide bonds. The fraction of sp³-hybridized carbons (Fsp3) is 0.0526. The van der Waals surface area contributed by atoms with Crippen molar-refractivity contribution in [2.24, 2.45) is 0 Å². The van der Waals surface area contributed by atoms with Gasteiger partial charge in [0.2, 0.25) is 0 Å². The monoisotopic (exact) mass is 327 g/mol. The van der Waals surface area contributed by atoms with Crippen LogP contribution in [-0.2, 0) is 0 Å². The minimum atomic E-state index is 0.660. The summed E-state index contributed by atoms with van der Waals surface area (Å²) in [5, 5.41) is 1.32. The normalized spacial score (nSPS) is 10.5. The lowest BCUT2D eigenvalue weighted by atomic mass is 10.1. The fourth-order valence-corrected chi connectivity index (χ4v) is 2.80. The molecule has 0 heterocycles. The van der Waals surface area contributed by atoms with E-state index in [1.54, 1.807) is 6.07 Å². The van der Waals surface area contributed by atoms with Crippen LogP contribution in [0.3, 0.4) is 0 Å². The van der Waals surface area contributed by atoms with E-state index in [1.165, 1.54) is 5.56 Å². The molecule has 3 heteroatoms. The highest BCUT2D eigenvalue weighted by Gasteiger charge is 2.15. The summed E-state index contributed by atoms with van der Waals surface area (Å²) in [6.07, 6.45) is 0. The van der Waals surface area contributed by atoms with Gasteiger partial charge in [-0.3, -0.25) is 0 Å². The molecule has 0 unspecified atom stereocenters. The Balaban J connectivity index is 2.21. The van der Waals surface area contributed by atoms with Crippen molar-refractivity contribution in [2.45, 2.75) is 6.92 Å². The topological polar surface area (TPSA) is 3.24 Å². The molecule has 0 spiro atoms. The van der Waals surface area contributed by atoms with Gasteiger partial charge in [-0.05, 0) is 55.0 Å². The summed E-state index contributed by atoms with van der Waals surface area (Å²) in [6.45, 7) is 2.08. The van der Waals surface area contributed by atoms with Crippen molar-refractivity contribution in [1.29, 1.82) is 0 Å². The molecule has 3 aromatic carbocycles. The number of halogens is 2. The van der Waals surface area contributed by atoms with E-state index in [-0.39, 0.29) is 0 Å². The summed E-state index contributed by atoms with van der Waals surface area (Å²) in [7, 11) is 0. The minimum absolute atomic E-state index is 0.660. The van der Waals surface area contributed by atoms with Crippen LogP contribution in [0.4, 0.5) is 17.1 Å². The number of hydrogen-bond acceptors (Lipinski definition) is 1. The summed E-state index contributed by atoms with van der Waals surface area (Å²) in [5.74, 6) is 0. The quantitative estimate of drug-likeness (QED) is 0.513. The summed E-state index contributed by atoms with van der Waals surface area (Å²) < 4.78 is 0. The Morgan fingerprint density at radius 1 is 0.727 bits per heavy atom. The molecule has 0 aliphatic heterocycles. The van der Waals surface area contributed by atoms with Gasteiger partial charge < -0.3 is 4.90 Å². The Hall–Kier alpha value is -1.96. The second-order valence-electron chi connectivity index (χ2n) is 5.11. The standard InChI is InChI=1S/C19H15Cl2N/c1-14-6-5-9-17(12-14)22(16-7-3-2-4-8-16)19-13-15(20)10-11-18(19)21/h2-13H,1H3. The molecule has 0 radical (unpaired) electrons. The van der Waals surface area contributed by atoms with Crippen LogP contribution in [0.2, 0.25) is 10.0 Å². The van der Waals surface area contributed by atoms with E-state index >= 15 is 0 Å². The van der Waals surface area contributed by atoms with Crippen LogP contribution >= 0.6 is 23.2 Å². The van der Waals surface area contributed by atoms with Crippen molar-refractivity contribution in [3.05, 3.63) is 88.4 Å². The molecule has 0 aliphatic rings. The number of anilines is 3. The molecule has 0 bridgehead atoms. The zero-order valence-electron chi connectivity index (χ0n) is 12.1. The molecule has 0 N–H and O–H groups in total. The van der Waals surface area contributed by atoms with Gasteiger partial charge in [0.15, 0.2) is 0 Å². The Morgan fingerprint density at radius 3 is 2.18 bits per heavy atom. The molecule has 3 aromatic rings. The first-order valence-corrected chi connectivity index (χ1v) is 7.77. The van der Waals surface area contributed by atoms with E-state index in [0.717, 1.165) is 17.1 Å². The number of nitrogens with zero attached hydrogens (tertiary/aromatic N) is 1. The molecule has 3 rings (SSSR count). The van der Waals surface area contributed by atoms with Crippen molar-refractivity contribution < 1.29 is 0 Å². The maximum atomic E-state index is 6.43. The maximum Gasteiger partial charge on any atom is 0.0662 e. The largest absolute Gasteiger partial charge is 0.309 e. The van der Waals surface area contributed by atoms with Gasteiger partial charge in [-0.25, -0.2) is 0 Å². The third-order valence-corrected chi connectivity index (χ3v) is 3.98. The number of para-hydroxylation sites is 1. The van der Waals surface area contributed by atoms with E-state index in [0.29, 0.717) is 10.0 Å². The number of benzene rings is 3. The van der Waals surface area contributed by atoms with Crippen LogP contribution in [0.15, 0.2) is 72.8 Å². The van der Waals surface area contributed by atoms with E-state index in [4.69, 9.17) is 23.2 Å². The Bertz CT molecular complexity index is 784. The second-order valence-corrected chi connectivity index (χ2v) is 5.95. The lowest BCUT2D eigenvalue weighted by Gasteiger charge is -2.26. The van der Waals surface area contributed by atoms with Gasteiger partial charge >= 0.3 is 0 Å². The molecule has 1 nitrogen and oxygen atoms in total. The third kappa shape index (κ3) is 3.11. The Morgan fingerprint density at radius 2 is 1.45 bits per heavy atom. The van der Waals surface area contributed by atoms with Gasteiger partial charge in [0, 0.05) is 16.4 Å². The van der Waals surface area contributed by atoms with Gasteiger partial charge in [0.1, 0.15) is 0 Å². The number of aryl methyl sites for hydroxylation is 1. The lowest BCUT2D eigenvalue weighted by Crippen LogP contribution is -2.10. The van der Waals surface area contributed by atoms with Crippen LogP contribution in [0, 0.1) is 6.92 Å². The number of hydrogen-bond donors (Lipinski definition) is 0. The first-order chi connectivity index (χ1) is 10.6. The lowest BCUT2D eigenvalue weighted by molar-refractivity contribution is 1.27. The van der Waals surface area contributed by atoms with Crippen molar-refractivity contribution in [3.8, 4) is 0 Å². The molecular formula is C19H15Cl2N. The number of rotatable bonds is 3. The predicted molar refractivity (Wildman–Crippen MR) is 95.9 cm³/mol. The van der Waals surface area contributed by atoms with Crippen LogP contribution in [0.5, 0.6) is 0 Å². The molecule has 0 atom stereocenters. The molecule has 22 heavy (non-hydrogen) atoms. The van der Waals surface area contributed by atoms with Gasteiger partial charge in [-0.15, -0.1) is 0 Å². The summed E-state index contributed by atoms with van der Waals surface area (Å²) in [6, 6.07) is 24.0. The first-order valence-electron chi connectivity index (χ1n) is 7.02. The van der Waals surface area contributed by atoms with Gasteiger partial charge in [-0.1, -0.05) is 53.5 Å². The van der Waals surface area contributed by atoms with Gasteiger partial charge in [0.05, 0.1) is 10.7 Å². The van der Waals surface area contributed by atoms with Gasteiger partial charge in [0.25, 0.3) is 0 Å². The highest BCUT2D eigenvalue weighted by molar-refractivity contribution is 6.35. The van der Waals surface area contributed by atoms with Crippen molar-refractivity contribution in [3.63, 3.8) is 0 Å². The molecular weight excluding hydrogens is 313 g/mol. The molecule has 110 valence electrons. The minimum Gasteiger partial charge on any atom is -0.309 e. The van der Waals surface area contributed by atoms with E-state index in [1.807, 2.05) is 36.4 Å². The predicted octanol–water partition coefficient (Wildman–Crippen LogP) is 6.77. The SMILES string of the molecule is Cc1cccc(N(c2ccccc2)c2cc(Cl)ccc2Cl)c1. The Labute approximate surface area is 140 Å². The van der Waals surface area contributed by atoms with E-state index in [9.17, 15) is 0 Å². The smallest absolute Gasteiger partial charge is 0.0662 e. The average Bonchev–Trinajstić information content (AvgIpc) is 2.52. The Kier molecular flexibility index (Phi) is 4.37. The fourth-order valence-electron chi connectivity index (χ4n) is 2.43. The van der Waals surface area contributed by atoms with Crippen LogP contribution < -0.4 is 4.90 Å². The van der Waals surface area contributed by atoms with E-state index < -0.39 is 0 Å². The third-order valence-electron chi connectivity index (χ3n) is 3.42. The molecule has 0 aliphatic carbocycles. The molecule has 0 fully saturated rings. The summed E-state index contributed by atoms with van der Waals surface area (Å²) in [4.78, 5) is 2.11. The molecule has 0 saturated heterocycles. The van der Waals surface area contributed by atoms with Crippen molar-refractivity contribution in [1.82, 2.24) is 0 Å². The van der Waals surface area contributed by atoms with Gasteiger partial charge in [-0.2, -0.15) is 0 Å². The van der Waals surface area contributed by atoms with Crippen molar-refractivity contribution >= 4 is 40.3 Å². The van der Waals surface area contributed by atoms with Crippen LogP contribution in [0.25, 0.3) is 0 Å². The van der Waals surface area contributed by atoms with Crippen molar-refractivity contribution in [2.75, 3.05) is 4.90 Å². The maximum absolute atomic E-state index is 6.43. The average molecular weight is 328 g/mol. The van der Waals surface area contributed by atoms with Crippen LogP contribution in [-0.4, -0.2) is 0 Å². The summed E-state index contributed by atoms with van der Waals surface area (Å²) >= 11 is 12.6. The highest BCUT2D eigenvalue weighted by atomic mass is 35.5. The molecule has 0 aromatic heterocycles. The second kappa shape index (κ2) is 6.43. The van der Waals surface area contributed by atoms with E-state index in [2.05, 4.69) is 42.2 Å².